The third-order valence-corrected chi connectivity index (χ3v) is 3.47. The van der Waals surface area contributed by atoms with Crippen molar-refractivity contribution in [3.63, 3.8) is 0 Å². The summed E-state index contributed by atoms with van der Waals surface area (Å²) in [4.78, 5) is 6.55. The zero-order valence-electron chi connectivity index (χ0n) is 12.6. The van der Waals surface area contributed by atoms with E-state index in [1.807, 2.05) is 19.2 Å². The molecular weight excluding hydrogens is 288 g/mol. The molecule has 0 unspecified atom stereocenters. The predicted octanol–water partition coefficient (Wildman–Crippen LogP) is 2.81. The number of hydrogen-bond donors (Lipinski definition) is 1. The summed E-state index contributed by atoms with van der Waals surface area (Å²) < 4.78 is 5.29. The van der Waals surface area contributed by atoms with Crippen LogP contribution in [0.25, 0.3) is 11.5 Å². The van der Waals surface area contributed by atoms with Gasteiger partial charge in [-0.2, -0.15) is 4.98 Å². The maximum atomic E-state index is 5.86. The summed E-state index contributed by atoms with van der Waals surface area (Å²) in [6, 6.07) is 7.33. The fraction of sp³-hybridized carbons (Fsp3) is 0.467. The quantitative estimate of drug-likeness (QED) is 0.888. The minimum Gasteiger partial charge on any atom is -0.334 e. The van der Waals surface area contributed by atoms with Crippen molar-refractivity contribution >= 4 is 11.6 Å². The van der Waals surface area contributed by atoms with Crippen LogP contribution in [0.5, 0.6) is 0 Å². The van der Waals surface area contributed by atoms with Crippen LogP contribution in [0, 0.1) is 5.41 Å². The molecule has 0 fully saturated rings. The van der Waals surface area contributed by atoms with Crippen molar-refractivity contribution in [1.82, 2.24) is 15.0 Å². The maximum absolute atomic E-state index is 5.86. The molecule has 2 rings (SSSR count). The van der Waals surface area contributed by atoms with Gasteiger partial charge in [-0.1, -0.05) is 30.6 Å². The van der Waals surface area contributed by atoms with Crippen LogP contribution in [-0.2, 0) is 6.54 Å². The molecule has 0 atom stereocenters. The highest BCUT2D eigenvalue weighted by molar-refractivity contribution is 6.30. The van der Waals surface area contributed by atoms with Gasteiger partial charge in [-0.05, 0) is 43.3 Å². The first-order chi connectivity index (χ1) is 9.89. The van der Waals surface area contributed by atoms with Gasteiger partial charge in [0.25, 0.3) is 5.89 Å². The molecule has 1 aromatic carbocycles. The number of aromatic nitrogens is 2. The summed E-state index contributed by atoms with van der Waals surface area (Å²) in [7, 11) is 2.02. The lowest BCUT2D eigenvalue weighted by atomic mass is 9.93. The Kier molecular flexibility index (Phi) is 4.98. The summed E-state index contributed by atoms with van der Waals surface area (Å²) >= 11 is 5.86. The number of nitrogens with two attached hydrogens (primary N) is 1. The Morgan fingerprint density at radius 1 is 1.29 bits per heavy atom. The van der Waals surface area contributed by atoms with Crippen molar-refractivity contribution in [2.75, 3.05) is 20.1 Å². The van der Waals surface area contributed by atoms with Crippen molar-refractivity contribution in [2.45, 2.75) is 20.4 Å². The number of halogens is 1. The van der Waals surface area contributed by atoms with E-state index in [1.54, 1.807) is 12.1 Å². The van der Waals surface area contributed by atoms with Crippen LogP contribution in [0.15, 0.2) is 28.8 Å². The molecule has 21 heavy (non-hydrogen) atoms. The van der Waals surface area contributed by atoms with Crippen LogP contribution in [0.4, 0.5) is 0 Å². The third kappa shape index (κ3) is 4.52. The van der Waals surface area contributed by atoms with E-state index in [0.29, 0.717) is 29.8 Å². The zero-order valence-corrected chi connectivity index (χ0v) is 13.4. The molecule has 0 amide bonds. The van der Waals surface area contributed by atoms with Crippen LogP contribution in [0.2, 0.25) is 5.02 Å². The Bertz CT molecular complexity index is 580. The highest BCUT2D eigenvalue weighted by Gasteiger charge is 2.19. The van der Waals surface area contributed by atoms with Gasteiger partial charge in [-0.3, -0.25) is 4.90 Å². The van der Waals surface area contributed by atoms with Crippen LogP contribution in [0.1, 0.15) is 19.7 Å². The van der Waals surface area contributed by atoms with Crippen LogP contribution in [0.3, 0.4) is 0 Å². The van der Waals surface area contributed by atoms with Gasteiger partial charge in [0.2, 0.25) is 0 Å². The Hall–Kier alpha value is -1.43. The molecule has 1 heterocycles. The molecule has 2 N–H and O–H groups in total. The van der Waals surface area contributed by atoms with Gasteiger partial charge in [-0.15, -0.1) is 0 Å². The van der Waals surface area contributed by atoms with Gasteiger partial charge < -0.3 is 10.3 Å². The molecule has 0 spiro atoms. The van der Waals surface area contributed by atoms with Crippen molar-refractivity contribution < 1.29 is 4.52 Å². The Balaban J connectivity index is 2.01. The lowest BCUT2D eigenvalue weighted by molar-refractivity contribution is 0.204. The number of hydrogen-bond acceptors (Lipinski definition) is 5. The van der Waals surface area contributed by atoms with E-state index in [-0.39, 0.29) is 5.41 Å². The SMILES string of the molecule is CN(Cc1noc(-c2ccc(Cl)cc2)n1)CC(C)(C)CN. The molecule has 0 aliphatic rings. The molecule has 0 aliphatic heterocycles. The molecule has 6 heteroatoms. The average Bonchev–Trinajstić information content (AvgIpc) is 2.87. The van der Waals surface area contributed by atoms with E-state index in [4.69, 9.17) is 21.9 Å². The molecule has 0 aliphatic carbocycles. The predicted molar refractivity (Wildman–Crippen MR) is 83.9 cm³/mol. The molecule has 0 radical (unpaired) electrons. The second-order valence-corrected chi connectivity index (χ2v) is 6.50. The molecular formula is C15H21ClN4O. The Labute approximate surface area is 130 Å². The van der Waals surface area contributed by atoms with Crippen LogP contribution >= 0.6 is 11.6 Å². The molecule has 114 valence electrons. The van der Waals surface area contributed by atoms with Crippen molar-refractivity contribution in [3.05, 3.63) is 35.1 Å². The second-order valence-electron chi connectivity index (χ2n) is 6.06. The lowest BCUT2D eigenvalue weighted by Gasteiger charge is -2.28. The van der Waals surface area contributed by atoms with Gasteiger partial charge >= 0.3 is 0 Å². The van der Waals surface area contributed by atoms with Crippen LogP contribution in [-0.4, -0.2) is 35.2 Å². The monoisotopic (exact) mass is 308 g/mol. The van der Waals surface area contributed by atoms with E-state index >= 15 is 0 Å². The topological polar surface area (TPSA) is 68.2 Å². The van der Waals surface area contributed by atoms with E-state index in [1.165, 1.54) is 0 Å². The van der Waals surface area contributed by atoms with Crippen molar-refractivity contribution in [2.24, 2.45) is 11.1 Å². The highest BCUT2D eigenvalue weighted by Crippen LogP contribution is 2.20. The smallest absolute Gasteiger partial charge is 0.257 e. The van der Waals surface area contributed by atoms with Gasteiger partial charge in [0.05, 0.1) is 6.54 Å². The summed E-state index contributed by atoms with van der Waals surface area (Å²) in [6.07, 6.45) is 0. The number of benzene rings is 1. The first-order valence-electron chi connectivity index (χ1n) is 6.87. The summed E-state index contributed by atoms with van der Waals surface area (Å²) in [5.74, 6) is 1.17. The lowest BCUT2D eigenvalue weighted by Crippen LogP contribution is -2.36. The molecule has 0 saturated carbocycles. The van der Waals surface area contributed by atoms with E-state index in [2.05, 4.69) is 28.9 Å². The fourth-order valence-corrected chi connectivity index (χ4v) is 2.25. The molecule has 0 bridgehead atoms. The normalized spacial score (nSPS) is 12.1. The van der Waals surface area contributed by atoms with E-state index < -0.39 is 0 Å². The first-order valence-corrected chi connectivity index (χ1v) is 7.24. The van der Waals surface area contributed by atoms with E-state index in [9.17, 15) is 0 Å². The first kappa shape index (κ1) is 15.9. The molecule has 5 nitrogen and oxygen atoms in total. The minimum atomic E-state index is 0.0670. The highest BCUT2D eigenvalue weighted by atomic mass is 35.5. The summed E-state index contributed by atoms with van der Waals surface area (Å²) in [6.45, 7) is 6.41. The number of nitrogens with zero attached hydrogens (tertiary/aromatic N) is 3. The zero-order chi connectivity index (χ0) is 15.5. The molecule has 1 aromatic heterocycles. The summed E-state index contributed by atoms with van der Waals surface area (Å²) in [5, 5.41) is 4.70. The third-order valence-electron chi connectivity index (χ3n) is 3.22. The van der Waals surface area contributed by atoms with Gasteiger partial charge in [0.1, 0.15) is 0 Å². The van der Waals surface area contributed by atoms with Crippen LogP contribution < -0.4 is 5.73 Å². The van der Waals surface area contributed by atoms with Gasteiger partial charge in [0, 0.05) is 17.1 Å². The van der Waals surface area contributed by atoms with Crippen molar-refractivity contribution in [3.8, 4) is 11.5 Å². The summed E-state index contributed by atoms with van der Waals surface area (Å²) in [5.41, 5.74) is 6.68. The second kappa shape index (κ2) is 6.56. The molecule has 2 aromatic rings. The minimum absolute atomic E-state index is 0.0670. The van der Waals surface area contributed by atoms with Crippen molar-refractivity contribution in [1.29, 1.82) is 0 Å². The van der Waals surface area contributed by atoms with Gasteiger partial charge in [-0.25, -0.2) is 0 Å². The Morgan fingerprint density at radius 2 is 1.95 bits per heavy atom. The van der Waals surface area contributed by atoms with Gasteiger partial charge in [0.15, 0.2) is 5.82 Å². The standard InChI is InChI=1S/C15H21ClN4O/c1-15(2,9-17)10-20(3)8-13-18-14(21-19-13)11-4-6-12(16)7-5-11/h4-7H,8-10,17H2,1-3H3. The molecule has 0 saturated heterocycles. The maximum Gasteiger partial charge on any atom is 0.257 e. The number of rotatable bonds is 6. The largest absolute Gasteiger partial charge is 0.334 e. The average molecular weight is 309 g/mol. The Morgan fingerprint density at radius 3 is 2.57 bits per heavy atom. The fourth-order valence-electron chi connectivity index (χ4n) is 2.12. The van der Waals surface area contributed by atoms with E-state index in [0.717, 1.165) is 12.1 Å².